The molecular weight excluding hydrogens is 983 g/mol. The molecule has 2 unspecified atom stereocenters. The van der Waals surface area contributed by atoms with E-state index in [1.54, 1.807) is 22.3 Å². The molecule has 0 saturated heterocycles. The number of halogens is 2. The molecule has 2 aliphatic carbocycles. The summed E-state index contributed by atoms with van der Waals surface area (Å²) in [6.07, 6.45) is 7.22. The molecule has 0 fully saturated rings. The monoisotopic (exact) mass is 1050 g/mol. The van der Waals surface area contributed by atoms with Gasteiger partial charge in [-0.1, -0.05) is 0 Å². The summed E-state index contributed by atoms with van der Waals surface area (Å²) >= 11 is -4.48. The molecule has 10 rings (SSSR count). The maximum absolute atomic E-state index is 4.48. The van der Waals surface area contributed by atoms with Crippen LogP contribution in [0.3, 0.4) is 0 Å². The second-order valence-corrected chi connectivity index (χ2v) is 52.5. The van der Waals surface area contributed by atoms with Crippen LogP contribution in [0.4, 0.5) is 0 Å². The van der Waals surface area contributed by atoms with Crippen LogP contribution in [0, 0.1) is 55.4 Å². The number of rotatable bonds is 10. The van der Waals surface area contributed by atoms with Gasteiger partial charge in [0.05, 0.1) is 0 Å². The summed E-state index contributed by atoms with van der Waals surface area (Å²) < 4.78 is 6.25. The fourth-order valence-corrected chi connectivity index (χ4v) is 32.4. The van der Waals surface area contributed by atoms with Gasteiger partial charge in [-0.2, -0.15) is 0 Å². The van der Waals surface area contributed by atoms with E-state index in [9.17, 15) is 0 Å². The zero-order chi connectivity index (χ0) is 47.7. The Balaban J connectivity index is 0.00000329. The Hall–Kier alpha value is -5.08. The summed E-state index contributed by atoms with van der Waals surface area (Å²) in [7, 11) is 0. The molecule has 8 aromatic rings. The molecule has 2 atom stereocenters. The third-order valence-corrected chi connectivity index (χ3v) is 32.5. The molecule has 0 aromatic heterocycles. The predicted molar refractivity (Wildman–Crippen MR) is 309 cm³/mol. The van der Waals surface area contributed by atoms with Crippen LogP contribution in [0.2, 0.25) is 9.26 Å². The first kappa shape index (κ1) is 51.3. The van der Waals surface area contributed by atoms with Crippen LogP contribution < -0.4 is 0 Å². The molecule has 0 spiro atoms. The first-order valence-electron chi connectivity index (χ1n) is 24.7. The predicted octanol–water partition coefficient (Wildman–Crippen LogP) is 18.1. The van der Waals surface area contributed by atoms with Gasteiger partial charge in [0, 0.05) is 0 Å². The zero-order valence-corrected chi connectivity index (χ0v) is 48.3. The normalized spacial score (nSPS) is 15.1. The van der Waals surface area contributed by atoms with Crippen molar-refractivity contribution < 1.29 is 17.4 Å². The van der Waals surface area contributed by atoms with Crippen molar-refractivity contribution in [3.05, 3.63) is 247 Å². The smallest absolute Gasteiger partial charge is 0.147 e. The summed E-state index contributed by atoms with van der Waals surface area (Å²) in [5, 5.41) is 0. The molecule has 70 heavy (non-hydrogen) atoms. The van der Waals surface area contributed by atoms with E-state index < -0.39 is 17.4 Å². The van der Waals surface area contributed by atoms with E-state index in [1.165, 1.54) is 111 Å². The van der Waals surface area contributed by atoms with Crippen molar-refractivity contribution in [1.82, 2.24) is 0 Å². The van der Waals surface area contributed by atoms with Gasteiger partial charge in [-0.25, -0.2) is 0 Å². The topological polar surface area (TPSA) is 0 Å². The van der Waals surface area contributed by atoms with Crippen LogP contribution in [-0.2, 0) is 30.2 Å². The summed E-state index contributed by atoms with van der Waals surface area (Å²) in [6.45, 7) is 20.6. The second-order valence-electron chi connectivity index (χ2n) is 22.0. The van der Waals surface area contributed by atoms with Crippen LogP contribution in [0.25, 0.3) is 56.7 Å². The first-order valence-corrected chi connectivity index (χ1v) is 38.4. The Labute approximate surface area is 433 Å². The van der Waals surface area contributed by atoms with Crippen LogP contribution in [0.1, 0.15) is 85.1 Å². The Bertz CT molecular complexity index is 3150. The molecule has 8 aromatic carbocycles. The standard InChI is InChI=1S/2C32H29.2CH3.2ClH.H2Si.Zr/c2*1-21-12-22(2)15-27(14-21)29-10-11-30(28-16-23(3)13-24(4)17-28)32-20-26(19-31(29)32)18-25-8-6-5-7-9-25;;;;;;/h2*5-17,19-20H,18H2,1-4H3;2*1H3;2*1H;1H2;. The molecule has 0 radical (unpaired) electrons. The maximum Gasteiger partial charge on any atom is -0.147 e. The molecule has 2 aliphatic rings. The summed E-state index contributed by atoms with van der Waals surface area (Å²) in [5.41, 5.74) is 33.1. The molecule has 354 valence electrons. The number of hydrogen-bond acceptors (Lipinski definition) is 0. The fraction of sp³-hybridized carbons (Fsp3) is 0.212. The fourth-order valence-electron chi connectivity index (χ4n) is 12.9. The molecule has 4 heteroatoms. The van der Waals surface area contributed by atoms with E-state index in [-0.39, 0.29) is 32.1 Å². The third kappa shape index (κ3) is 9.80. The number of hydrogen-bond donors (Lipinski definition) is 0. The molecule has 0 aliphatic heterocycles. The summed E-state index contributed by atoms with van der Waals surface area (Å²) in [6, 6.07) is 61.2. The quantitative estimate of drug-likeness (QED) is 0.120. The van der Waals surface area contributed by atoms with Gasteiger partial charge in [-0.05, 0) is 0 Å². The van der Waals surface area contributed by atoms with Crippen LogP contribution in [0.15, 0.2) is 169 Å². The summed E-state index contributed by atoms with van der Waals surface area (Å²) in [4.78, 5) is 0. The number of fused-ring (bicyclic) bond motifs is 2. The number of allylic oxidation sites excluding steroid dienone is 2. The van der Waals surface area contributed by atoms with Crippen molar-refractivity contribution in [3.63, 3.8) is 0 Å². The Morgan fingerprint density at radius 1 is 0.357 bits per heavy atom. The molecule has 0 N–H and O–H groups in total. The van der Waals surface area contributed by atoms with E-state index >= 15 is 0 Å². The van der Waals surface area contributed by atoms with Crippen molar-refractivity contribution >= 4 is 43.8 Å². The van der Waals surface area contributed by atoms with Gasteiger partial charge in [0.25, 0.3) is 0 Å². The van der Waals surface area contributed by atoms with Gasteiger partial charge in [0.15, 0.2) is 0 Å². The van der Waals surface area contributed by atoms with Gasteiger partial charge < -0.3 is 0 Å². The van der Waals surface area contributed by atoms with Gasteiger partial charge in [-0.15, -0.1) is 24.8 Å². The SMILES string of the molecule is Cc1cc(C)cc(-c2ccc(-c3cc(C)cc(C)c3)c3c2C=C(Cc2ccccc2)[CH]3[Zr]([CH3])([CH3])(=[SiH2])[CH]2C(Cc3ccccc3)=Cc3c(-c4cc(C)cc(C)c4)ccc(-c4cc(C)cc(C)c4)c32)c1.Cl.Cl. The van der Waals surface area contributed by atoms with E-state index in [0.29, 0.717) is 0 Å². The van der Waals surface area contributed by atoms with E-state index in [0.717, 1.165) is 12.8 Å². The number of benzene rings is 8. The minimum Gasteiger partial charge on any atom is -0.147 e. The van der Waals surface area contributed by atoms with E-state index in [4.69, 9.17) is 0 Å². The van der Waals surface area contributed by atoms with Gasteiger partial charge in [0.1, 0.15) is 0 Å². The second kappa shape index (κ2) is 19.8. The van der Waals surface area contributed by atoms with Gasteiger partial charge >= 0.3 is 412 Å². The van der Waals surface area contributed by atoms with Crippen molar-refractivity contribution in [2.75, 3.05) is 0 Å². The van der Waals surface area contributed by atoms with E-state index in [2.05, 4.69) is 241 Å². The largest absolute Gasteiger partial charge is 0.147 e. The molecule has 0 amide bonds. The molecule has 0 nitrogen and oxygen atoms in total. The Morgan fingerprint density at radius 2 is 0.614 bits per heavy atom. The molecule has 0 bridgehead atoms. The van der Waals surface area contributed by atoms with Crippen molar-refractivity contribution in [1.29, 1.82) is 0 Å². The third-order valence-electron chi connectivity index (χ3n) is 15.1. The zero-order valence-electron chi connectivity index (χ0n) is 42.8. The van der Waals surface area contributed by atoms with Crippen LogP contribution in [0.5, 0.6) is 0 Å². The molecular formula is C66H68Cl2SiZr. The van der Waals surface area contributed by atoms with Crippen LogP contribution >= 0.6 is 24.8 Å². The maximum atomic E-state index is 2.86. The minimum atomic E-state index is -4.48. The number of aryl methyl sites for hydroxylation is 8. The minimum absolute atomic E-state index is 0. The van der Waals surface area contributed by atoms with E-state index in [1.807, 2.05) is 0 Å². The molecule has 0 saturated carbocycles. The van der Waals surface area contributed by atoms with Crippen molar-refractivity contribution in [3.8, 4) is 44.5 Å². The molecule has 0 heterocycles. The van der Waals surface area contributed by atoms with Crippen molar-refractivity contribution in [2.45, 2.75) is 84.7 Å². The average Bonchev–Trinajstić information content (AvgIpc) is 3.85. The Morgan fingerprint density at radius 3 is 0.900 bits per heavy atom. The van der Waals surface area contributed by atoms with Gasteiger partial charge in [0.2, 0.25) is 0 Å². The average molecular weight is 1050 g/mol. The van der Waals surface area contributed by atoms with Crippen LogP contribution in [-0.4, -0.2) is 6.88 Å². The summed E-state index contributed by atoms with van der Waals surface area (Å²) in [5.74, 6) is 0. The van der Waals surface area contributed by atoms with Gasteiger partial charge in [-0.3, -0.25) is 0 Å². The first-order chi connectivity index (χ1) is 32.5. The Kier molecular flexibility index (Phi) is 14.5. The van der Waals surface area contributed by atoms with Crippen molar-refractivity contribution in [2.24, 2.45) is 0 Å².